The van der Waals surface area contributed by atoms with Gasteiger partial charge in [0.1, 0.15) is 5.58 Å². The highest BCUT2D eigenvalue weighted by Crippen LogP contribution is 2.23. The van der Waals surface area contributed by atoms with Crippen LogP contribution in [0.3, 0.4) is 0 Å². The smallest absolute Gasteiger partial charge is 0.411 e. The predicted octanol–water partition coefficient (Wildman–Crippen LogP) is 3.99. The number of piperazine rings is 1. The predicted molar refractivity (Wildman–Crippen MR) is 125 cm³/mol. The number of ether oxygens (including phenoxy) is 1. The Morgan fingerprint density at radius 3 is 2.50 bits per heavy atom. The molecule has 0 aliphatic carbocycles. The van der Waals surface area contributed by atoms with Crippen molar-refractivity contribution in [1.29, 1.82) is 0 Å². The molecule has 0 unspecified atom stereocenters. The Morgan fingerprint density at radius 2 is 1.78 bits per heavy atom. The third kappa shape index (κ3) is 5.55. The van der Waals surface area contributed by atoms with Gasteiger partial charge in [-0.15, -0.1) is 0 Å². The minimum absolute atomic E-state index is 0.289. The molecule has 0 spiro atoms. The maximum Gasteiger partial charge on any atom is 0.411 e. The fourth-order valence-electron chi connectivity index (χ4n) is 4.14. The minimum Gasteiger partial charge on any atom is -0.450 e. The van der Waals surface area contributed by atoms with Crippen molar-refractivity contribution in [3.05, 3.63) is 75.6 Å². The summed E-state index contributed by atoms with van der Waals surface area (Å²) in [5.74, 6) is 0. The van der Waals surface area contributed by atoms with Crippen LogP contribution in [-0.4, -0.2) is 48.7 Å². The van der Waals surface area contributed by atoms with E-state index in [2.05, 4.69) is 46.3 Å². The second-order valence-electron chi connectivity index (χ2n) is 8.19. The molecule has 0 bridgehead atoms. The zero-order valence-corrected chi connectivity index (χ0v) is 18.6. The monoisotopic (exact) mass is 435 g/mol. The standard InChI is InChI=1S/C25H29N3O4/c1-3-31-25(30)26-21-7-8-22-20(14-24(29)32-23(22)15-21)17-28-11-9-27(10-12-28)16-19-6-4-5-18(2)13-19/h4-8,13-15H,3,9-12,16-17H2,1-2H3,(H,26,30). The molecule has 4 rings (SSSR count). The lowest BCUT2D eigenvalue weighted by molar-refractivity contribution is 0.122. The number of fused-ring (bicyclic) bond motifs is 1. The van der Waals surface area contributed by atoms with Crippen LogP contribution in [0.15, 0.2) is 57.7 Å². The van der Waals surface area contributed by atoms with Crippen molar-refractivity contribution in [2.24, 2.45) is 0 Å². The van der Waals surface area contributed by atoms with Crippen molar-refractivity contribution >= 4 is 22.7 Å². The Morgan fingerprint density at radius 1 is 1.03 bits per heavy atom. The number of amides is 1. The molecule has 1 aliphatic heterocycles. The SMILES string of the molecule is CCOC(=O)Nc1ccc2c(CN3CCN(Cc4cccc(C)c4)CC3)cc(=O)oc2c1. The summed E-state index contributed by atoms with van der Waals surface area (Å²) in [4.78, 5) is 28.7. The zero-order valence-electron chi connectivity index (χ0n) is 18.6. The number of hydrogen-bond donors (Lipinski definition) is 1. The van der Waals surface area contributed by atoms with E-state index < -0.39 is 6.09 Å². The molecule has 0 saturated carbocycles. The lowest BCUT2D eigenvalue weighted by atomic mass is 10.1. The van der Waals surface area contributed by atoms with Crippen LogP contribution >= 0.6 is 0 Å². The normalized spacial score (nSPS) is 15.1. The molecule has 2 aromatic carbocycles. The molecule has 1 aliphatic rings. The number of carbonyl (C=O) groups excluding carboxylic acids is 1. The molecule has 1 N–H and O–H groups in total. The van der Waals surface area contributed by atoms with E-state index in [1.54, 1.807) is 25.1 Å². The van der Waals surface area contributed by atoms with Crippen molar-refractivity contribution in [2.75, 3.05) is 38.1 Å². The third-order valence-electron chi connectivity index (χ3n) is 5.70. The minimum atomic E-state index is -0.533. The van der Waals surface area contributed by atoms with Crippen molar-refractivity contribution in [1.82, 2.24) is 9.80 Å². The van der Waals surface area contributed by atoms with Crippen molar-refractivity contribution in [3.8, 4) is 0 Å². The first-order valence-corrected chi connectivity index (χ1v) is 11.0. The summed E-state index contributed by atoms with van der Waals surface area (Å²) in [5, 5.41) is 3.52. The number of aryl methyl sites for hydroxylation is 1. The van der Waals surface area contributed by atoms with Crippen LogP contribution in [0.4, 0.5) is 10.5 Å². The van der Waals surface area contributed by atoms with Crippen LogP contribution in [0.5, 0.6) is 0 Å². The summed E-state index contributed by atoms with van der Waals surface area (Å²) >= 11 is 0. The molecule has 0 radical (unpaired) electrons. The van der Waals surface area contributed by atoms with Crippen LogP contribution < -0.4 is 10.9 Å². The second-order valence-corrected chi connectivity index (χ2v) is 8.19. The number of rotatable bonds is 6. The summed E-state index contributed by atoms with van der Waals surface area (Å²) in [6.07, 6.45) is -0.533. The van der Waals surface area contributed by atoms with E-state index >= 15 is 0 Å². The Bertz CT molecular complexity index is 1150. The van der Waals surface area contributed by atoms with E-state index in [1.165, 1.54) is 11.1 Å². The molecule has 0 atom stereocenters. The van der Waals surface area contributed by atoms with Crippen LogP contribution in [0.25, 0.3) is 11.0 Å². The highest BCUT2D eigenvalue weighted by atomic mass is 16.5. The Kier molecular flexibility index (Phi) is 6.87. The van der Waals surface area contributed by atoms with Gasteiger partial charge in [-0.25, -0.2) is 9.59 Å². The maximum absolute atomic E-state index is 12.2. The number of carbonyl (C=O) groups is 1. The van der Waals surface area contributed by atoms with Gasteiger partial charge in [0.15, 0.2) is 0 Å². The van der Waals surface area contributed by atoms with Gasteiger partial charge in [0, 0.05) is 62.5 Å². The Hall–Kier alpha value is -3.16. The van der Waals surface area contributed by atoms with Crippen LogP contribution in [0.2, 0.25) is 0 Å². The van der Waals surface area contributed by atoms with Gasteiger partial charge in [-0.2, -0.15) is 0 Å². The molecular formula is C25H29N3O4. The molecule has 3 aromatic rings. The average molecular weight is 436 g/mol. The van der Waals surface area contributed by atoms with E-state index in [1.807, 2.05) is 6.07 Å². The molecule has 7 nitrogen and oxygen atoms in total. The van der Waals surface area contributed by atoms with Gasteiger partial charge in [0.2, 0.25) is 0 Å². The Balaban J connectivity index is 1.41. The zero-order chi connectivity index (χ0) is 22.5. The summed E-state index contributed by atoms with van der Waals surface area (Å²) in [6.45, 7) is 9.66. The molecule has 1 amide bonds. The molecule has 32 heavy (non-hydrogen) atoms. The molecule has 1 aromatic heterocycles. The van der Waals surface area contributed by atoms with E-state index in [0.29, 0.717) is 17.8 Å². The topological polar surface area (TPSA) is 75.0 Å². The van der Waals surface area contributed by atoms with Crippen molar-refractivity contribution < 1.29 is 13.9 Å². The average Bonchev–Trinajstić information content (AvgIpc) is 2.75. The number of anilines is 1. The van der Waals surface area contributed by atoms with Crippen LogP contribution in [0, 0.1) is 6.92 Å². The molecule has 168 valence electrons. The lowest BCUT2D eigenvalue weighted by Gasteiger charge is -2.34. The van der Waals surface area contributed by atoms with Gasteiger partial charge in [-0.3, -0.25) is 15.1 Å². The van der Waals surface area contributed by atoms with Crippen molar-refractivity contribution in [2.45, 2.75) is 26.9 Å². The van der Waals surface area contributed by atoms with Crippen molar-refractivity contribution in [3.63, 3.8) is 0 Å². The van der Waals surface area contributed by atoms with E-state index in [4.69, 9.17) is 9.15 Å². The first-order chi connectivity index (χ1) is 15.5. The first-order valence-electron chi connectivity index (χ1n) is 11.0. The van der Waals surface area contributed by atoms with Gasteiger partial charge >= 0.3 is 11.7 Å². The summed E-state index contributed by atoms with van der Waals surface area (Å²) in [7, 11) is 0. The highest BCUT2D eigenvalue weighted by molar-refractivity contribution is 5.89. The van der Waals surface area contributed by atoms with Gasteiger partial charge in [-0.1, -0.05) is 29.8 Å². The van der Waals surface area contributed by atoms with Crippen LogP contribution in [0.1, 0.15) is 23.6 Å². The Labute approximate surface area is 187 Å². The quantitative estimate of drug-likeness (QED) is 0.590. The maximum atomic E-state index is 12.2. The van der Waals surface area contributed by atoms with Crippen LogP contribution in [-0.2, 0) is 17.8 Å². The highest BCUT2D eigenvalue weighted by Gasteiger charge is 2.19. The summed E-state index contributed by atoms with van der Waals surface area (Å²) in [5.41, 5.74) is 4.17. The molecule has 7 heteroatoms. The molecule has 1 fully saturated rings. The molecular weight excluding hydrogens is 406 g/mol. The number of hydrogen-bond acceptors (Lipinski definition) is 6. The van der Waals surface area contributed by atoms with Gasteiger partial charge < -0.3 is 9.15 Å². The number of nitrogens with one attached hydrogen (secondary N) is 1. The van der Waals surface area contributed by atoms with E-state index in [9.17, 15) is 9.59 Å². The summed E-state index contributed by atoms with van der Waals surface area (Å²) in [6, 6.07) is 15.6. The first kappa shape index (κ1) is 22.0. The largest absolute Gasteiger partial charge is 0.450 e. The van der Waals surface area contributed by atoms with E-state index in [-0.39, 0.29) is 12.2 Å². The number of benzene rings is 2. The summed E-state index contributed by atoms with van der Waals surface area (Å²) < 4.78 is 10.3. The second kappa shape index (κ2) is 9.97. The molecule has 1 saturated heterocycles. The lowest BCUT2D eigenvalue weighted by Crippen LogP contribution is -2.45. The fraction of sp³-hybridized carbons (Fsp3) is 0.360. The third-order valence-corrected chi connectivity index (χ3v) is 5.70. The van der Waals surface area contributed by atoms with Gasteiger partial charge in [-0.05, 0) is 37.1 Å². The van der Waals surface area contributed by atoms with Gasteiger partial charge in [0.25, 0.3) is 0 Å². The fourth-order valence-corrected chi connectivity index (χ4v) is 4.14. The van der Waals surface area contributed by atoms with E-state index in [0.717, 1.165) is 43.7 Å². The number of nitrogens with zero attached hydrogens (tertiary/aromatic N) is 2. The molecule has 2 heterocycles. The van der Waals surface area contributed by atoms with Gasteiger partial charge in [0.05, 0.1) is 6.61 Å².